The molecule has 1 aliphatic heterocycles. The van der Waals surface area contributed by atoms with Gasteiger partial charge in [-0.25, -0.2) is 4.98 Å². The molecule has 2 amide bonds. The first-order chi connectivity index (χ1) is 12.4. The number of hydrogen-bond acceptors (Lipinski definition) is 5. The standard InChI is InChI=1S/C16H10Cl2N6O2/c17-8-1-2-10(18)13(5-8)24-4-3-9(15(24)26)14(25)23-16-21-11(6-19)12(7-20)22-16/h1-2,5,9H,3-4H2,(H2,21,22,23,25)/t9-/m0/s1. The highest BCUT2D eigenvalue weighted by Crippen LogP contribution is 2.33. The van der Waals surface area contributed by atoms with E-state index in [-0.39, 0.29) is 23.8 Å². The maximum absolute atomic E-state index is 12.6. The number of rotatable bonds is 3. The molecule has 0 bridgehead atoms. The summed E-state index contributed by atoms with van der Waals surface area (Å²) in [6.45, 7) is 0.308. The number of carbonyl (C=O) groups excluding carboxylic acids is 2. The SMILES string of the molecule is N#Cc1nc(NC(=O)[C@@H]2CCN(c3cc(Cl)ccc3Cl)C2=O)[nH]c1C#N. The molecule has 1 aromatic carbocycles. The first kappa shape index (κ1) is 17.7. The van der Waals surface area contributed by atoms with Crippen molar-refractivity contribution in [2.45, 2.75) is 6.42 Å². The van der Waals surface area contributed by atoms with Gasteiger partial charge in [-0.05, 0) is 24.6 Å². The molecular formula is C16H10Cl2N6O2. The molecule has 1 atom stereocenters. The largest absolute Gasteiger partial charge is 0.314 e. The van der Waals surface area contributed by atoms with Gasteiger partial charge in [0.15, 0.2) is 11.4 Å². The smallest absolute Gasteiger partial charge is 0.239 e. The summed E-state index contributed by atoms with van der Waals surface area (Å²) in [6, 6.07) is 8.25. The Bertz CT molecular complexity index is 956. The Morgan fingerprint density at radius 2 is 2.12 bits per heavy atom. The molecule has 1 aromatic heterocycles. The highest BCUT2D eigenvalue weighted by atomic mass is 35.5. The van der Waals surface area contributed by atoms with Crippen molar-refractivity contribution in [1.29, 1.82) is 10.5 Å². The zero-order valence-corrected chi connectivity index (χ0v) is 14.6. The fourth-order valence-corrected chi connectivity index (χ4v) is 3.04. The van der Waals surface area contributed by atoms with E-state index in [1.54, 1.807) is 30.3 Å². The second-order valence-corrected chi connectivity index (χ2v) is 6.29. The molecule has 1 fully saturated rings. The Morgan fingerprint density at radius 1 is 1.35 bits per heavy atom. The van der Waals surface area contributed by atoms with E-state index in [0.717, 1.165) is 0 Å². The van der Waals surface area contributed by atoms with Crippen LogP contribution in [-0.2, 0) is 9.59 Å². The monoisotopic (exact) mass is 388 g/mol. The Hall–Kier alpha value is -3.07. The van der Waals surface area contributed by atoms with Gasteiger partial charge in [-0.2, -0.15) is 10.5 Å². The maximum Gasteiger partial charge on any atom is 0.239 e. The molecule has 0 aliphatic carbocycles. The first-order valence-electron chi connectivity index (χ1n) is 7.42. The highest BCUT2D eigenvalue weighted by molar-refractivity contribution is 6.36. The van der Waals surface area contributed by atoms with Crippen LogP contribution in [0.1, 0.15) is 17.8 Å². The number of benzene rings is 1. The molecule has 8 nitrogen and oxygen atoms in total. The Kier molecular flexibility index (Phi) is 4.81. The Balaban J connectivity index is 1.77. The van der Waals surface area contributed by atoms with E-state index < -0.39 is 17.7 Å². The third-order valence-electron chi connectivity index (χ3n) is 3.88. The van der Waals surface area contributed by atoms with Crippen LogP contribution in [0.25, 0.3) is 0 Å². The van der Waals surface area contributed by atoms with Crippen molar-refractivity contribution < 1.29 is 9.59 Å². The van der Waals surface area contributed by atoms with Gasteiger partial charge < -0.3 is 9.88 Å². The van der Waals surface area contributed by atoms with E-state index in [1.165, 1.54) is 4.90 Å². The lowest BCUT2D eigenvalue weighted by Crippen LogP contribution is -2.33. The van der Waals surface area contributed by atoms with Gasteiger partial charge in [0.25, 0.3) is 0 Å². The normalized spacial score (nSPS) is 16.2. The number of imidazole rings is 1. The number of amides is 2. The molecule has 2 aromatic rings. The minimum absolute atomic E-state index is 0.0601. The number of nitrogens with one attached hydrogen (secondary N) is 2. The molecule has 10 heteroatoms. The van der Waals surface area contributed by atoms with Gasteiger partial charge in [0, 0.05) is 11.6 Å². The number of nitriles is 2. The molecule has 3 rings (SSSR count). The average Bonchev–Trinajstić information content (AvgIpc) is 3.20. The van der Waals surface area contributed by atoms with Crippen molar-refractivity contribution in [3.05, 3.63) is 39.6 Å². The van der Waals surface area contributed by atoms with Crippen LogP contribution in [0.2, 0.25) is 10.0 Å². The number of nitrogens with zero attached hydrogens (tertiary/aromatic N) is 4. The van der Waals surface area contributed by atoms with E-state index in [0.29, 0.717) is 22.3 Å². The molecule has 1 aliphatic rings. The van der Waals surface area contributed by atoms with Crippen LogP contribution in [0.4, 0.5) is 11.6 Å². The van der Waals surface area contributed by atoms with E-state index in [1.807, 2.05) is 0 Å². The molecule has 2 N–H and O–H groups in total. The summed E-state index contributed by atoms with van der Waals surface area (Å²) < 4.78 is 0. The first-order valence-corrected chi connectivity index (χ1v) is 8.17. The van der Waals surface area contributed by atoms with Gasteiger partial charge in [0.2, 0.25) is 17.8 Å². The number of aromatic amines is 1. The summed E-state index contributed by atoms with van der Waals surface area (Å²) in [5, 5.41) is 21.0. The summed E-state index contributed by atoms with van der Waals surface area (Å²) in [5.41, 5.74) is 0.247. The highest BCUT2D eigenvalue weighted by Gasteiger charge is 2.38. The van der Waals surface area contributed by atoms with E-state index in [2.05, 4.69) is 15.3 Å². The van der Waals surface area contributed by atoms with Gasteiger partial charge in [-0.3, -0.25) is 14.9 Å². The molecule has 2 heterocycles. The molecular weight excluding hydrogens is 379 g/mol. The molecule has 0 unspecified atom stereocenters. The summed E-state index contributed by atoms with van der Waals surface area (Å²) in [4.78, 5) is 32.8. The number of anilines is 2. The summed E-state index contributed by atoms with van der Waals surface area (Å²) in [7, 11) is 0. The molecule has 0 saturated carbocycles. The number of H-pyrrole nitrogens is 1. The summed E-state index contributed by atoms with van der Waals surface area (Å²) >= 11 is 12.1. The minimum Gasteiger partial charge on any atom is -0.314 e. The lowest BCUT2D eigenvalue weighted by molar-refractivity contribution is -0.129. The third kappa shape index (κ3) is 3.21. The van der Waals surface area contributed by atoms with Gasteiger partial charge in [0.1, 0.15) is 18.1 Å². The zero-order valence-electron chi connectivity index (χ0n) is 13.1. The van der Waals surface area contributed by atoms with Gasteiger partial charge >= 0.3 is 0 Å². The number of carbonyl (C=O) groups is 2. The predicted molar refractivity (Wildman–Crippen MR) is 93.6 cm³/mol. The predicted octanol–water partition coefficient (Wildman–Crippen LogP) is 2.45. The van der Waals surface area contributed by atoms with Crippen LogP contribution in [0.15, 0.2) is 18.2 Å². The van der Waals surface area contributed by atoms with Crippen molar-refractivity contribution in [3.63, 3.8) is 0 Å². The molecule has 0 radical (unpaired) electrons. The lowest BCUT2D eigenvalue weighted by atomic mass is 10.1. The zero-order chi connectivity index (χ0) is 18.8. The summed E-state index contributed by atoms with van der Waals surface area (Å²) in [6.07, 6.45) is 0.282. The Morgan fingerprint density at radius 3 is 2.77 bits per heavy atom. The summed E-state index contributed by atoms with van der Waals surface area (Å²) in [5.74, 6) is -2.00. The van der Waals surface area contributed by atoms with Crippen LogP contribution < -0.4 is 10.2 Å². The van der Waals surface area contributed by atoms with Crippen molar-refractivity contribution in [3.8, 4) is 12.1 Å². The number of hydrogen-bond donors (Lipinski definition) is 2. The van der Waals surface area contributed by atoms with Crippen LogP contribution >= 0.6 is 23.2 Å². The van der Waals surface area contributed by atoms with Gasteiger partial charge in [-0.1, -0.05) is 23.2 Å². The molecule has 1 saturated heterocycles. The lowest BCUT2D eigenvalue weighted by Gasteiger charge is -2.18. The van der Waals surface area contributed by atoms with Crippen LogP contribution in [0.3, 0.4) is 0 Å². The Labute approximate surface area is 157 Å². The molecule has 26 heavy (non-hydrogen) atoms. The fourth-order valence-electron chi connectivity index (χ4n) is 2.65. The van der Waals surface area contributed by atoms with Crippen molar-refractivity contribution in [2.24, 2.45) is 5.92 Å². The van der Waals surface area contributed by atoms with Crippen molar-refractivity contribution in [1.82, 2.24) is 9.97 Å². The van der Waals surface area contributed by atoms with Gasteiger partial charge in [0.05, 0.1) is 10.7 Å². The topological polar surface area (TPSA) is 126 Å². The minimum atomic E-state index is -0.939. The number of halogens is 2. The molecule has 0 spiro atoms. The third-order valence-corrected chi connectivity index (χ3v) is 4.44. The van der Waals surface area contributed by atoms with E-state index >= 15 is 0 Å². The van der Waals surface area contributed by atoms with E-state index in [4.69, 9.17) is 33.7 Å². The number of aromatic nitrogens is 2. The van der Waals surface area contributed by atoms with Crippen LogP contribution in [0.5, 0.6) is 0 Å². The van der Waals surface area contributed by atoms with Crippen molar-refractivity contribution in [2.75, 3.05) is 16.8 Å². The fraction of sp³-hybridized carbons (Fsp3) is 0.188. The van der Waals surface area contributed by atoms with E-state index in [9.17, 15) is 9.59 Å². The van der Waals surface area contributed by atoms with Gasteiger partial charge in [-0.15, -0.1) is 0 Å². The quantitative estimate of drug-likeness (QED) is 0.780. The average molecular weight is 389 g/mol. The van der Waals surface area contributed by atoms with Crippen molar-refractivity contribution >= 4 is 46.7 Å². The molecule has 130 valence electrons. The second kappa shape index (κ2) is 7.04. The van der Waals surface area contributed by atoms with Crippen LogP contribution in [0, 0.1) is 28.6 Å². The second-order valence-electron chi connectivity index (χ2n) is 5.45. The van der Waals surface area contributed by atoms with Crippen LogP contribution in [-0.4, -0.2) is 28.3 Å². The maximum atomic E-state index is 12.6.